The van der Waals surface area contributed by atoms with Gasteiger partial charge >= 0.3 is 0 Å². The maximum Gasteiger partial charge on any atom is 0.264 e. The van der Waals surface area contributed by atoms with Crippen LogP contribution in [0.3, 0.4) is 0 Å². The molecule has 0 spiro atoms. The highest BCUT2D eigenvalue weighted by Crippen LogP contribution is 2.31. The molecule has 0 aliphatic heterocycles. The number of carbonyl (C=O) groups is 1. The van der Waals surface area contributed by atoms with Crippen molar-refractivity contribution in [1.29, 1.82) is 0 Å². The minimum atomic E-state index is -3.63. The van der Waals surface area contributed by atoms with Crippen molar-refractivity contribution in [2.45, 2.75) is 24.7 Å². The van der Waals surface area contributed by atoms with Crippen molar-refractivity contribution in [2.75, 3.05) is 17.9 Å². The largest absolute Gasteiger partial charge is 0.351 e. The summed E-state index contributed by atoms with van der Waals surface area (Å²) < 4.78 is 27.8. The summed E-state index contributed by atoms with van der Waals surface area (Å²) >= 11 is 1.41. The monoisotopic (exact) mass is 402 g/mol. The third-order valence-corrected chi connectivity index (χ3v) is 7.22. The van der Waals surface area contributed by atoms with Crippen LogP contribution in [0.4, 0.5) is 5.69 Å². The number of amides is 1. The minimum absolute atomic E-state index is 0.0866. The van der Waals surface area contributed by atoms with E-state index in [1.54, 1.807) is 42.5 Å². The van der Waals surface area contributed by atoms with Gasteiger partial charge in [0.2, 0.25) is 0 Å². The molecular weight excluding hydrogens is 380 g/mol. The highest BCUT2D eigenvalue weighted by atomic mass is 32.2. The first kappa shape index (κ1) is 19.4. The Hall–Kier alpha value is -2.38. The molecule has 0 atom stereocenters. The van der Waals surface area contributed by atoms with Gasteiger partial charge in [-0.3, -0.25) is 9.10 Å². The first-order valence-corrected chi connectivity index (χ1v) is 11.0. The Labute approximate surface area is 163 Å². The Kier molecular flexibility index (Phi) is 5.82. The molecule has 7 heteroatoms. The van der Waals surface area contributed by atoms with E-state index >= 15 is 0 Å². The Morgan fingerprint density at radius 3 is 2.56 bits per heavy atom. The number of nitrogens with zero attached hydrogens (tertiary/aromatic N) is 1. The van der Waals surface area contributed by atoms with Gasteiger partial charge in [-0.05, 0) is 48.2 Å². The van der Waals surface area contributed by atoms with Gasteiger partial charge in [-0.25, -0.2) is 8.42 Å². The van der Waals surface area contributed by atoms with Crippen LogP contribution in [-0.2, 0) is 10.0 Å². The minimum Gasteiger partial charge on any atom is -0.351 e. The van der Waals surface area contributed by atoms with E-state index in [1.165, 1.54) is 22.7 Å². The zero-order valence-electron chi connectivity index (χ0n) is 15.3. The van der Waals surface area contributed by atoms with Gasteiger partial charge in [0.25, 0.3) is 15.9 Å². The standard InChI is InChI=1S/C20H22N2O3S2/c1-3-4-12-21-20(23)19-14-15-13-16(10-11-18(15)26-19)22(2)27(24,25)17-8-6-5-7-9-17/h5-11,13-14H,3-4,12H2,1-2H3,(H,21,23). The molecule has 1 heterocycles. The molecule has 5 nitrogen and oxygen atoms in total. The molecule has 0 fully saturated rings. The van der Waals surface area contributed by atoms with Crippen LogP contribution in [-0.4, -0.2) is 27.9 Å². The summed E-state index contributed by atoms with van der Waals surface area (Å²) in [6.45, 7) is 2.74. The molecule has 0 saturated carbocycles. The molecule has 142 valence electrons. The summed E-state index contributed by atoms with van der Waals surface area (Å²) in [5.74, 6) is -0.0866. The van der Waals surface area contributed by atoms with Crippen molar-refractivity contribution < 1.29 is 13.2 Å². The lowest BCUT2D eigenvalue weighted by Crippen LogP contribution is -2.26. The third-order valence-electron chi connectivity index (χ3n) is 4.30. The Morgan fingerprint density at radius 2 is 1.85 bits per heavy atom. The van der Waals surface area contributed by atoms with E-state index in [2.05, 4.69) is 12.2 Å². The van der Waals surface area contributed by atoms with E-state index in [4.69, 9.17) is 0 Å². The lowest BCUT2D eigenvalue weighted by atomic mass is 10.2. The van der Waals surface area contributed by atoms with Crippen LogP contribution in [0.1, 0.15) is 29.4 Å². The number of rotatable bonds is 7. The topological polar surface area (TPSA) is 66.5 Å². The maximum atomic E-state index is 12.8. The van der Waals surface area contributed by atoms with Crippen LogP contribution in [0.5, 0.6) is 0 Å². The quantitative estimate of drug-likeness (QED) is 0.601. The van der Waals surface area contributed by atoms with Crippen molar-refractivity contribution >= 4 is 43.0 Å². The lowest BCUT2D eigenvalue weighted by molar-refractivity contribution is 0.0957. The summed E-state index contributed by atoms with van der Waals surface area (Å²) in [5.41, 5.74) is 0.557. The molecule has 0 saturated heterocycles. The summed E-state index contributed by atoms with van der Waals surface area (Å²) in [5, 5.41) is 3.76. The number of unbranched alkanes of at least 4 members (excludes halogenated alkanes) is 1. The van der Waals surface area contributed by atoms with Gasteiger partial charge in [0.05, 0.1) is 15.5 Å². The number of carbonyl (C=O) groups excluding carboxylic acids is 1. The molecule has 3 rings (SSSR count). The highest BCUT2D eigenvalue weighted by Gasteiger charge is 2.21. The van der Waals surface area contributed by atoms with Crippen LogP contribution in [0.15, 0.2) is 59.5 Å². The molecule has 0 aliphatic carbocycles. The van der Waals surface area contributed by atoms with Gasteiger partial charge in [0, 0.05) is 18.3 Å². The summed E-state index contributed by atoms with van der Waals surface area (Å²) in [6, 6.07) is 15.6. The van der Waals surface area contributed by atoms with Gasteiger partial charge in [0.15, 0.2) is 0 Å². The predicted octanol–water partition coefficient (Wildman–Crippen LogP) is 4.26. The molecule has 0 aliphatic rings. The first-order chi connectivity index (χ1) is 12.9. The summed E-state index contributed by atoms with van der Waals surface area (Å²) in [7, 11) is -2.09. The van der Waals surface area contributed by atoms with Crippen molar-refractivity contribution in [3.05, 3.63) is 59.5 Å². The number of thiophene rings is 1. The lowest BCUT2D eigenvalue weighted by Gasteiger charge is -2.19. The number of hydrogen-bond donors (Lipinski definition) is 1. The third kappa shape index (κ3) is 4.14. The van der Waals surface area contributed by atoms with Crippen LogP contribution in [0.25, 0.3) is 10.1 Å². The molecular formula is C20H22N2O3S2. The van der Waals surface area contributed by atoms with Gasteiger partial charge in [0.1, 0.15) is 0 Å². The predicted molar refractivity (Wildman–Crippen MR) is 111 cm³/mol. The molecule has 0 unspecified atom stereocenters. The Morgan fingerprint density at radius 1 is 1.11 bits per heavy atom. The molecule has 3 aromatic rings. The molecule has 27 heavy (non-hydrogen) atoms. The van der Waals surface area contributed by atoms with E-state index < -0.39 is 10.0 Å². The van der Waals surface area contributed by atoms with Crippen molar-refractivity contribution in [1.82, 2.24) is 5.32 Å². The van der Waals surface area contributed by atoms with Crippen LogP contribution >= 0.6 is 11.3 Å². The molecule has 0 bridgehead atoms. The number of benzene rings is 2. The second kappa shape index (κ2) is 8.10. The molecule has 1 N–H and O–H groups in total. The molecule has 2 aromatic carbocycles. The average molecular weight is 403 g/mol. The normalized spacial score (nSPS) is 11.5. The fourth-order valence-corrected chi connectivity index (χ4v) is 4.86. The number of sulfonamides is 1. The summed E-state index contributed by atoms with van der Waals surface area (Å²) in [4.78, 5) is 13.1. The van der Waals surface area contributed by atoms with Crippen molar-refractivity contribution in [3.8, 4) is 0 Å². The van der Waals surface area contributed by atoms with Gasteiger partial charge < -0.3 is 5.32 Å². The number of anilines is 1. The first-order valence-electron chi connectivity index (χ1n) is 8.79. The Bertz CT molecular complexity index is 1040. The second-order valence-corrected chi connectivity index (χ2v) is 9.28. The Balaban J connectivity index is 1.87. The van der Waals surface area contributed by atoms with Gasteiger partial charge in [-0.15, -0.1) is 11.3 Å². The van der Waals surface area contributed by atoms with E-state index in [1.807, 2.05) is 12.1 Å². The highest BCUT2D eigenvalue weighted by molar-refractivity contribution is 7.92. The van der Waals surface area contributed by atoms with Crippen LogP contribution in [0, 0.1) is 0 Å². The van der Waals surface area contributed by atoms with E-state index in [0.29, 0.717) is 17.1 Å². The van der Waals surface area contributed by atoms with E-state index in [-0.39, 0.29) is 10.8 Å². The van der Waals surface area contributed by atoms with Crippen LogP contribution in [0.2, 0.25) is 0 Å². The fraction of sp³-hybridized carbons (Fsp3) is 0.250. The maximum absolute atomic E-state index is 12.8. The zero-order chi connectivity index (χ0) is 19.4. The van der Waals surface area contributed by atoms with Crippen molar-refractivity contribution in [2.24, 2.45) is 0 Å². The smallest absolute Gasteiger partial charge is 0.264 e. The van der Waals surface area contributed by atoms with Gasteiger partial charge in [-0.2, -0.15) is 0 Å². The van der Waals surface area contributed by atoms with Gasteiger partial charge in [-0.1, -0.05) is 31.5 Å². The molecule has 1 aromatic heterocycles. The number of fused-ring (bicyclic) bond motifs is 1. The fourth-order valence-electron chi connectivity index (χ4n) is 2.69. The second-order valence-electron chi connectivity index (χ2n) is 6.23. The SMILES string of the molecule is CCCCNC(=O)c1cc2cc(N(C)S(=O)(=O)c3ccccc3)ccc2s1. The average Bonchev–Trinajstić information content (AvgIpc) is 3.11. The van der Waals surface area contributed by atoms with Crippen molar-refractivity contribution in [3.63, 3.8) is 0 Å². The summed E-state index contributed by atoms with van der Waals surface area (Å²) in [6.07, 6.45) is 1.97. The molecule has 1 amide bonds. The number of nitrogens with one attached hydrogen (secondary N) is 1. The zero-order valence-corrected chi connectivity index (χ0v) is 16.9. The molecule has 0 radical (unpaired) electrons. The van der Waals surface area contributed by atoms with Crippen LogP contribution < -0.4 is 9.62 Å². The van der Waals surface area contributed by atoms with E-state index in [9.17, 15) is 13.2 Å². The number of hydrogen-bond acceptors (Lipinski definition) is 4. The van der Waals surface area contributed by atoms with E-state index in [0.717, 1.165) is 22.9 Å².